The molecule has 1 fully saturated rings. The molecule has 6 heteroatoms. The van der Waals surface area contributed by atoms with Gasteiger partial charge in [0.25, 0.3) is 0 Å². The van der Waals surface area contributed by atoms with Crippen LogP contribution in [0.25, 0.3) is 0 Å². The maximum atomic E-state index is 5.70. The molecule has 5 nitrogen and oxygen atoms in total. The third-order valence-electron chi connectivity index (χ3n) is 4.41. The molecule has 140 valence electrons. The van der Waals surface area contributed by atoms with Crippen molar-refractivity contribution in [3.8, 4) is 5.75 Å². The highest BCUT2D eigenvalue weighted by atomic mass is 127. The van der Waals surface area contributed by atoms with Crippen LogP contribution in [0.3, 0.4) is 0 Å². The number of aliphatic imine (C=N–C) groups is 1. The molecule has 1 aromatic carbocycles. The Morgan fingerprint density at radius 3 is 2.92 bits per heavy atom. The summed E-state index contributed by atoms with van der Waals surface area (Å²) < 4.78 is 5.70. The molecule has 0 radical (unpaired) electrons. The van der Waals surface area contributed by atoms with Gasteiger partial charge in [0.05, 0.1) is 0 Å². The minimum Gasteiger partial charge on any atom is -0.489 e. The molecule has 0 bridgehead atoms. The first-order valence-corrected chi connectivity index (χ1v) is 8.78. The Morgan fingerprint density at radius 1 is 1.40 bits per heavy atom. The molecule has 1 aromatic rings. The van der Waals surface area contributed by atoms with Crippen LogP contribution in [0.1, 0.15) is 25.3 Å². The lowest BCUT2D eigenvalue weighted by molar-refractivity contribution is 0.267. The molecule has 1 aliphatic rings. The largest absolute Gasteiger partial charge is 0.489 e. The maximum Gasteiger partial charge on any atom is 0.191 e. The summed E-state index contributed by atoms with van der Waals surface area (Å²) in [5, 5.41) is 6.82. The fourth-order valence-electron chi connectivity index (χ4n) is 3.10. The highest BCUT2D eigenvalue weighted by molar-refractivity contribution is 14.0. The zero-order valence-electron chi connectivity index (χ0n) is 15.3. The quantitative estimate of drug-likeness (QED) is 0.272. The van der Waals surface area contributed by atoms with Gasteiger partial charge in [-0.25, -0.2) is 0 Å². The molecule has 1 saturated heterocycles. The summed E-state index contributed by atoms with van der Waals surface area (Å²) >= 11 is 0. The van der Waals surface area contributed by atoms with E-state index in [-0.39, 0.29) is 24.0 Å². The lowest BCUT2D eigenvalue weighted by Gasteiger charge is -2.24. The number of nitrogens with zero attached hydrogens (tertiary/aromatic N) is 2. The first kappa shape index (κ1) is 21.8. The van der Waals surface area contributed by atoms with Gasteiger partial charge >= 0.3 is 0 Å². The Hall–Kier alpha value is -1.28. The lowest BCUT2D eigenvalue weighted by Crippen LogP contribution is -2.44. The van der Waals surface area contributed by atoms with E-state index >= 15 is 0 Å². The first-order valence-electron chi connectivity index (χ1n) is 8.78. The second kappa shape index (κ2) is 12.1. The van der Waals surface area contributed by atoms with E-state index < -0.39 is 0 Å². The van der Waals surface area contributed by atoms with Gasteiger partial charge in [0.1, 0.15) is 12.4 Å². The zero-order chi connectivity index (χ0) is 17.2. The Bertz CT molecular complexity index is 550. The van der Waals surface area contributed by atoms with Gasteiger partial charge in [-0.15, -0.1) is 24.0 Å². The van der Waals surface area contributed by atoms with Crippen LogP contribution in [-0.4, -0.2) is 50.2 Å². The molecule has 0 spiro atoms. The second-order valence-corrected chi connectivity index (χ2v) is 5.94. The van der Waals surface area contributed by atoms with Gasteiger partial charge < -0.3 is 15.4 Å². The van der Waals surface area contributed by atoms with Crippen molar-refractivity contribution in [3.05, 3.63) is 42.5 Å². The molecule has 1 atom stereocenters. The summed E-state index contributed by atoms with van der Waals surface area (Å²) in [4.78, 5) is 6.85. The Morgan fingerprint density at radius 2 is 2.20 bits per heavy atom. The van der Waals surface area contributed by atoms with Gasteiger partial charge in [-0.05, 0) is 32.0 Å². The molecule has 0 saturated carbocycles. The number of guanidine groups is 1. The van der Waals surface area contributed by atoms with Crippen LogP contribution in [0.5, 0.6) is 5.75 Å². The minimum absolute atomic E-state index is 0. The number of likely N-dealkylation sites (N-methyl/N-ethyl adjacent to an activating group) is 1. The summed E-state index contributed by atoms with van der Waals surface area (Å²) in [5.41, 5.74) is 1.11. The van der Waals surface area contributed by atoms with Gasteiger partial charge in [0, 0.05) is 31.7 Å². The van der Waals surface area contributed by atoms with Gasteiger partial charge in [-0.2, -0.15) is 0 Å². The predicted molar refractivity (Wildman–Crippen MR) is 116 cm³/mol. The standard InChI is InChI=1S/C19H30N4O.HI/c1-4-13-24-18-11-7-6-9-16(18)14-21-19(20-3)22-15-17-10-8-12-23(17)5-2;/h4,6-7,9,11,17H,1,5,8,10,12-15H2,2-3H3,(H2,20,21,22);1H. The number of halogens is 1. The van der Waals surface area contributed by atoms with Gasteiger partial charge in [0.15, 0.2) is 5.96 Å². The van der Waals surface area contributed by atoms with Crippen LogP contribution in [0.2, 0.25) is 0 Å². The summed E-state index contributed by atoms with van der Waals surface area (Å²) in [7, 11) is 1.81. The number of nitrogens with one attached hydrogen (secondary N) is 2. The van der Waals surface area contributed by atoms with Gasteiger partial charge in [-0.3, -0.25) is 9.89 Å². The van der Waals surface area contributed by atoms with E-state index in [4.69, 9.17) is 4.74 Å². The van der Waals surface area contributed by atoms with E-state index in [1.165, 1.54) is 19.4 Å². The number of hydrogen-bond acceptors (Lipinski definition) is 3. The van der Waals surface area contributed by atoms with Crippen molar-refractivity contribution in [1.82, 2.24) is 15.5 Å². The number of para-hydroxylation sites is 1. The van der Waals surface area contributed by atoms with Crippen LogP contribution in [-0.2, 0) is 6.54 Å². The van der Waals surface area contributed by atoms with Gasteiger partial charge in [-0.1, -0.05) is 37.8 Å². The third kappa shape index (κ3) is 6.86. The Kier molecular flexibility index (Phi) is 10.6. The highest BCUT2D eigenvalue weighted by Gasteiger charge is 2.22. The second-order valence-electron chi connectivity index (χ2n) is 5.94. The number of rotatable bonds is 8. The molecule has 0 aromatic heterocycles. The number of benzene rings is 1. The van der Waals surface area contributed by atoms with Crippen molar-refractivity contribution >= 4 is 29.9 Å². The van der Waals surface area contributed by atoms with Crippen LogP contribution < -0.4 is 15.4 Å². The van der Waals surface area contributed by atoms with E-state index in [1.54, 1.807) is 6.08 Å². The van der Waals surface area contributed by atoms with E-state index in [0.717, 1.165) is 30.4 Å². The molecule has 25 heavy (non-hydrogen) atoms. The molecule has 0 amide bonds. The van der Waals surface area contributed by atoms with Crippen molar-refractivity contribution in [2.75, 3.05) is 33.3 Å². The summed E-state index contributed by atoms with van der Waals surface area (Å²) in [6.07, 6.45) is 4.31. The number of ether oxygens (including phenoxy) is 1. The first-order chi connectivity index (χ1) is 11.8. The molecule has 0 aliphatic carbocycles. The third-order valence-corrected chi connectivity index (χ3v) is 4.41. The van der Waals surface area contributed by atoms with Crippen LogP contribution in [0, 0.1) is 0 Å². The van der Waals surface area contributed by atoms with Crippen molar-refractivity contribution < 1.29 is 4.74 Å². The molecule has 1 unspecified atom stereocenters. The minimum atomic E-state index is 0. The normalized spacial score (nSPS) is 17.7. The fourth-order valence-corrected chi connectivity index (χ4v) is 3.10. The average Bonchev–Trinajstić information content (AvgIpc) is 3.08. The summed E-state index contributed by atoms with van der Waals surface area (Å²) in [5.74, 6) is 1.71. The van der Waals surface area contributed by atoms with Crippen molar-refractivity contribution in [3.63, 3.8) is 0 Å². The molecule has 1 aliphatic heterocycles. The predicted octanol–water partition coefficient (Wildman–Crippen LogP) is 3.02. The smallest absolute Gasteiger partial charge is 0.191 e. The molecule has 2 rings (SSSR count). The zero-order valence-corrected chi connectivity index (χ0v) is 17.7. The lowest BCUT2D eigenvalue weighted by atomic mass is 10.2. The summed E-state index contributed by atoms with van der Waals surface area (Å²) in [6, 6.07) is 8.65. The van der Waals surface area contributed by atoms with E-state index in [2.05, 4.69) is 40.1 Å². The fraction of sp³-hybridized carbons (Fsp3) is 0.526. The van der Waals surface area contributed by atoms with E-state index in [9.17, 15) is 0 Å². The van der Waals surface area contributed by atoms with E-state index in [0.29, 0.717) is 19.2 Å². The molecule has 2 N–H and O–H groups in total. The molecular formula is C19H31IN4O. The monoisotopic (exact) mass is 458 g/mol. The Balaban J connectivity index is 0.00000312. The topological polar surface area (TPSA) is 48.9 Å². The van der Waals surface area contributed by atoms with Crippen molar-refractivity contribution in [2.24, 2.45) is 4.99 Å². The molecule has 1 heterocycles. The number of likely N-dealkylation sites (tertiary alicyclic amines) is 1. The maximum absolute atomic E-state index is 5.70. The Labute approximate surface area is 168 Å². The summed E-state index contributed by atoms with van der Waals surface area (Å²) in [6.45, 7) is 10.4. The van der Waals surface area contributed by atoms with Crippen LogP contribution >= 0.6 is 24.0 Å². The van der Waals surface area contributed by atoms with Crippen molar-refractivity contribution in [1.29, 1.82) is 0 Å². The highest BCUT2D eigenvalue weighted by Crippen LogP contribution is 2.18. The van der Waals surface area contributed by atoms with Gasteiger partial charge in [0.2, 0.25) is 0 Å². The van der Waals surface area contributed by atoms with E-state index in [1.807, 2.05) is 25.2 Å². The average molecular weight is 458 g/mol. The SMILES string of the molecule is C=CCOc1ccccc1CNC(=NC)NCC1CCCN1CC.I. The van der Waals surface area contributed by atoms with Crippen LogP contribution in [0.15, 0.2) is 41.9 Å². The van der Waals surface area contributed by atoms with Crippen molar-refractivity contribution in [2.45, 2.75) is 32.4 Å². The van der Waals surface area contributed by atoms with Crippen LogP contribution in [0.4, 0.5) is 0 Å². The number of hydrogen-bond donors (Lipinski definition) is 2. The molecular weight excluding hydrogens is 427 g/mol.